The van der Waals surface area contributed by atoms with Crippen molar-refractivity contribution in [1.82, 2.24) is 0 Å². The summed E-state index contributed by atoms with van der Waals surface area (Å²) >= 11 is 0. The third kappa shape index (κ3) is 2.62. The van der Waals surface area contributed by atoms with Gasteiger partial charge in [-0.1, -0.05) is 0 Å². The summed E-state index contributed by atoms with van der Waals surface area (Å²) < 4.78 is 0. The molecule has 16 heavy (non-hydrogen) atoms. The standard InChI is InChI=1S/C10H12N2O4/c1-11-9(6-13)10(14)7-2-4-8(5-3-7)12(15)16/h2-5,9-10,13-14H,1,6H2/t9-,10-/m1/s1. The fraction of sp³-hybridized carbons (Fsp3) is 0.300. The van der Waals surface area contributed by atoms with E-state index in [0.717, 1.165) is 0 Å². The Bertz CT molecular complexity index is 377. The molecule has 1 aromatic rings. The maximum absolute atomic E-state index is 10.4. The van der Waals surface area contributed by atoms with E-state index >= 15 is 0 Å². The Morgan fingerprint density at radius 2 is 2.00 bits per heavy atom. The summed E-state index contributed by atoms with van der Waals surface area (Å²) in [7, 11) is 0. The van der Waals surface area contributed by atoms with E-state index in [1.807, 2.05) is 0 Å². The van der Waals surface area contributed by atoms with Gasteiger partial charge in [0.2, 0.25) is 0 Å². The molecule has 0 bridgehead atoms. The lowest BCUT2D eigenvalue weighted by Gasteiger charge is -2.16. The number of nitro groups is 1. The fourth-order valence-electron chi connectivity index (χ4n) is 1.27. The van der Waals surface area contributed by atoms with Gasteiger partial charge in [-0.05, 0) is 24.4 Å². The topological polar surface area (TPSA) is 96.0 Å². The van der Waals surface area contributed by atoms with Crippen LogP contribution in [-0.4, -0.2) is 34.5 Å². The van der Waals surface area contributed by atoms with Gasteiger partial charge in [0.05, 0.1) is 11.5 Å². The molecule has 0 spiro atoms. The summed E-state index contributed by atoms with van der Waals surface area (Å²) in [6.07, 6.45) is -1.01. The van der Waals surface area contributed by atoms with Crippen molar-refractivity contribution in [3.8, 4) is 0 Å². The van der Waals surface area contributed by atoms with Gasteiger partial charge < -0.3 is 10.2 Å². The molecule has 0 amide bonds. The molecule has 0 fully saturated rings. The zero-order valence-corrected chi connectivity index (χ0v) is 8.48. The summed E-state index contributed by atoms with van der Waals surface area (Å²) in [6, 6.07) is 4.71. The number of nitrogens with zero attached hydrogens (tertiary/aromatic N) is 2. The van der Waals surface area contributed by atoms with Crippen molar-refractivity contribution in [1.29, 1.82) is 0 Å². The Balaban J connectivity index is 2.88. The highest BCUT2D eigenvalue weighted by Crippen LogP contribution is 2.21. The molecule has 1 rings (SSSR count). The van der Waals surface area contributed by atoms with Crippen LogP contribution >= 0.6 is 0 Å². The van der Waals surface area contributed by atoms with Crippen molar-refractivity contribution in [2.75, 3.05) is 6.61 Å². The van der Waals surface area contributed by atoms with Gasteiger partial charge in [0, 0.05) is 12.1 Å². The molecule has 86 valence electrons. The van der Waals surface area contributed by atoms with E-state index < -0.39 is 17.1 Å². The molecule has 0 aliphatic carbocycles. The number of hydrogen-bond donors (Lipinski definition) is 2. The molecular formula is C10H12N2O4. The second-order valence-electron chi connectivity index (χ2n) is 3.23. The number of non-ortho nitro benzene ring substituents is 1. The van der Waals surface area contributed by atoms with Crippen LogP contribution in [0.15, 0.2) is 29.3 Å². The van der Waals surface area contributed by atoms with Crippen molar-refractivity contribution in [3.05, 3.63) is 39.9 Å². The first-order chi connectivity index (χ1) is 7.60. The minimum absolute atomic E-state index is 0.0527. The molecule has 0 heterocycles. The summed E-state index contributed by atoms with van der Waals surface area (Å²) in [5.41, 5.74) is 0.403. The van der Waals surface area contributed by atoms with Crippen molar-refractivity contribution >= 4 is 12.4 Å². The summed E-state index contributed by atoms with van der Waals surface area (Å²) in [5, 5.41) is 29.0. The average molecular weight is 224 g/mol. The molecule has 0 radical (unpaired) electrons. The van der Waals surface area contributed by atoms with Crippen LogP contribution in [0.1, 0.15) is 11.7 Å². The highest BCUT2D eigenvalue weighted by Gasteiger charge is 2.19. The Morgan fingerprint density at radius 1 is 1.44 bits per heavy atom. The molecule has 0 unspecified atom stereocenters. The summed E-state index contributed by atoms with van der Waals surface area (Å²) in [4.78, 5) is 13.4. The minimum Gasteiger partial charge on any atom is -0.394 e. The van der Waals surface area contributed by atoms with Gasteiger partial charge in [0.25, 0.3) is 5.69 Å². The fourth-order valence-corrected chi connectivity index (χ4v) is 1.27. The molecule has 0 aliphatic rings. The van der Waals surface area contributed by atoms with E-state index in [1.165, 1.54) is 24.3 Å². The highest BCUT2D eigenvalue weighted by atomic mass is 16.6. The summed E-state index contributed by atoms with van der Waals surface area (Å²) in [6.45, 7) is 2.91. The monoisotopic (exact) mass is 224 g/mol. The third-order valence-corrected chi connectivity index (χ3v) is 2.23. The van der Waals surface area contributed by atoms with Crippen LogP contribution in [0.2, 0.25) is 0 Å². The zero-order valence-electron chi connectivity index (χ0n) is 8.48. The lowest BCUT2D eigenvalue weighted by molar-refractivity contribution is -0.384. The molecular weight excluding hydrogens is 212 g/mol. The van der Waals surface area contributed by atoms with Gasteiger partial charge in [-0.3, -0.25) is 15.1 Å². The molecule has 0 aromatic heterocycles. The molecule has 0 aliphatic heterocycles. The van der Waals surface area contributed by atoms with Crippen LogP contribution in [0.25, 0.3) is 0 Å². The number of rotatable bonds is 5. The molecule has 6 heteroatoms. The van der Waals surface area contributed by atoms with Crippen LogP contribution in [-0.2, 0) is 0 Å². The van der Waals surface area contributed by atoms with E-state index in [9.17, 15) is 15.2 Å². The van der Waals surface area contributed by atoms with Gasteiger partial charge in [-0.2, -0.15) is 0 Å². The van der Waals surface area contributed by atoms with E-state index in [0.29, 0.717) is 5.56 Å². The molecule has 0 saturated carbocycles. The van der Waals surface area contributed by atoms with Gasteiger partial charge in [-0.25, -0.2) is 0 Å². The number of nitro benzene ring substituents is 1. The summed E-state index contributed by atoms with van der Waals surface area (Å²) in [5.74, 6) is 0. The first kappa shape index (κ1) is 12.3. The maximum Gasteiger partial charge on any atom is 0.269 e. The van der Waals surface area contributed by atoms with Crippen LogP contribution in [0.5, 0.6) is 0 Å². The van der Waals surface area contributed by atoms with E-state index in [2.05, 4.69) is 11.7 Å². The van der Waals surface area contributed by atoms with Crippen molar-refractivity contribution in [2.45, 2.75) is 12.1 Å². The van der Waals surface area contributed by atoms with Crippen LogP contribution in [0.4, 0.5) is 5.69 Å². The zero-order chi connectivity index (χ0) is 12.1. The largest absolute Gasteiger partial charge is 0.394 e. The number of benzene rings is 1. The SMILES string of the molecule is C=N[C@H](CO)[C@H](O)c1ccc([N+](=O)[O-])cc1. The Hall–Kier alpha value is -1.79. The molecule has 0 saturated heterocycles. The lowest BCUT2D eigenvalue weighted by Crippen LogP contribution is -2.20. The smallest absolute Gasteiger partial charge is 0.269 e. The van der Waals surface area contributed by atoms with Gasteiger partial charge >= 0.3 is 0 Å². The van der Waals surface area contributed by atoms with Crippen LogP contribution in [0, 0.1) is 10.1 Å². The molecule has 2 N–H and O–H groups in total. The minimum atomic E-state index is -1.01. The highest BCUT2D eigenvalue weighted by molar-refractivity contribution is 5.34. The average Bonchev–Trinajstić information content (AvgIpc) is 2.30. The Labute approximate surface area is 92.0 Å². The Kier molecular flexibility index (Phi) is 4.10. The molecule has 1 aromatic carbocycles. The van der Waals surface area contributed by atoms with Gasteiger partial charge in [0.15, 0.2) is 0 Å². The van der Waals surface area contributed by atoms with E-state index in [4.69, 9.17) is 5.11 Å². The molecule has 2 atom stereocenters. The van der Waals surface area contributed by atoms with E-state index in [-0.39, 0.29) is 12.3 Å². The van der Waals surface area contributed by atoms with Gasteiger partial charge in [-0.15, -0.1) is 0 Å². The van der Waals surface area contributed by atoms with Crippen molar-refractivity contribution in [2.24, 2.45) is 4.99 Å². The third-order valence-electron chi connectivity index (χ3n) is 2.23. The second-order valence-corrected chi connectivity index (χ2v) is 3.23. The second kappa shape index (κ2) is 5.34. The Morgan fingerprint density at radius 3 is 2.38 bits per heavy atom. The van der Waals surface area contributed by atoms with Crippen LogP contribution < -0.4 is 0 Å². The first-order valence-electron chi connectivity index (χ1n) is 4.59. The van der Waals surface area contributed by atoms with Crippen molar-refractivity contribution in [3.63, 3.8) is 0 Å². The number of aliphatic imine (C=N–C) groups is 1. The predicted octanol–water partition coefficient (Wildman–Crippen LogP) is 0.690. The van der Waals surface area contributed by atoms with Crippen LogP contribution in [0.3, 0.4) is 0 Å². The lowest BCUT2D eigenvalue weighted by atomic mass is 10.0. The number of hydrogen-bond acceptors (Lipinski definition) is 5. The van der Waals surface area contributed by atoms with Gasteiger partial charge in [0.1, 0.15) is 12.1 Å². The van der Waals surface area contributed by atoms with Crippen molar-refractivity contribution < 1.29 is 15.1 Å². The number of aliphatic hydroxyl groups is 2. The van der Waals surface area contributed by atoms with E-state index in [1.54, 1.807) is 0 Å². The quantitative estimate of drug-likeness (QED) is 0.437. The number of aliphatic hydroxyl groups excluding tert-OH is 2. The maximum atomic E-state index is 10.4. The predicted molar refractivity (Wildman–Crippen MR) is 58.5 cm³/mol. The normalized spacial score (nSPS) is 14.1. The molecule has 6 nitrogen and oxygen atoms in total. The first-order valence-corrected chi connectivity index (χ1v) is 4.59.